The highest BCUT2D eigenvalue weighted by atomic mass is 35.5. The van der Waals surface area contributed by atoms with Crippen LogP contribution in [0.2, 0.25) is 10.0 Å². The maximum Gasteiger partial charge on any atom is 0.244 e. The third kappa shape index (κ3) is 6.47. The maximum absolute atomic E-state index is 12.5. The molecular formula is C24H33Cl2N3O2. The van der Waals surface area contributed by atoms with Gasteiger partial charge in [0, 0.05) is 46.9 Å². The van der Waals surface area contributed by atoms with E-state index in [1.165, 1.54) is 31.8 Å². The van der Waals surface area contributed by atoms with Gasteiger partial charge in [-0.05, 0) is 56.9 Å². The molecule has 0 radical (unpaired) electrons. The molecule has 1 saturated carbocycles. The lowest BCUT2D eigenvalue weighted by Gasteiger charge is -2.44. The lowest BCUT2D eigenvalue weighted by atomic mass is 9.84. The summed E-state index contributed by atoms with van der Waals surface area (Å²) in [5.41, 5.74) is 0.589. The lowest BCUT2D eigenvalue weighted by molar-refractivity contribution is -0.133. The first kappa shape index (κ1) is 24.1. The third-order valence-corrected chi connectivity index (χ3v) is 7.46. The average molecular weight is 466 g/mol. The second-order valence-corrected chi connectivity index (χ2v) is 9.61. The molecule has 2 atom stereocenters. The SMILES string of the molecule is CC1CCCCC1N(C)C1CCN(C(=O)CNC(=O)/C=C/c2c(Cl)cccc2Cl)CC1. The lowest BCUT2D eigenvalue weighted by Crippen LogP contribution is -2.51. The Morgan fingerprint density at radius 3 is 2.42 bits per heavy atom. The van der Waals surface area contributed by atoms with E-state index in [2.05, 4.69) is 24.2 Å². The molecule has 1 aromatic carbocycles. The van der Waals surface area contributed by atoms with E-state index >= 15 is 0 Å². The first-order valence-corrected chi connectivity index (χ1v) is 12.0. The van der Waals surface area contributed by atoms with E-state index < -0.39 is 0 Å². The molecular weight excluding hydrogens is 433 g/mol. The van der Waals surface area contributed by atoms with Crippen LogP contribution in [-0.2, 0) is 9.59 Å². The molecule has 0 bridgehead atoms. The van der Waals surface area contributed by atoms with Crippen molar-refractivity contribution in [3.63, 3.8) is 0 Å². The Morgan fingerprint density at radius 2 is 1.77 bits per heavy atom. The topological polar surface area (TPSA) is 52.6 Å². The Hall–Kier alpha value is -1.56. The van der Waals surface area contributed by atoms with Gasteiger partial charge in [-0.15, -0.1) is 0 Å². The molecule has 31 heavy (non-hydrogen) atoms. The van der Waals surface area contributed by atoms with Crippen molar-refractivity contribution in [1.82, 2.24) is 15.1 Å². The van der Waals surface area contributed by atoms with Crippen LogP contribution in [0.1, 0.15) is 51.0 Å². The maximum atomic E-state index is 12.5. The fourth-order valence-corrected chi connectivity index (χ4v) is 5.38. The van der Waals surface area contributed by atoms with Crippen LogP contribution >= 0.6 is 23.2 Å². The van der Waals surface area contributed by atoms with Crippen molar-refractivity contribution in [2.75, 3.05) is 26.7 Å². The van der Waals surface area contributed by atoms with E-state index in [0.29, 0.717) is 27.7 Å². The highest BCUT2D eigenvalue weighted by Gasteiger charge is 2.32. The number of benzene rings is 1. The molecule has 2 unspecified atom stereocenters. The highest BCUT2D eigenvalue weighted by molar-refractivity contribution is 6.37. The summed E-state index contributed by atoms with van der Waals surface area (Å²) in [6.45, 7) is 3.86. The average Bonchev–Trinajstić information content (AvgIpc) is 2.77. The van der Waals surface area contributed by atoms with Gasteiger partial charge in [-0.3, -0.25) is 9.59 Å². The van der Waals surface area contributed by atoms with Gasteiger partial charge in [-0.25, -0.2) is 0 Å². The van der Waals surface area contributed by atoms with Gasteiger partial charge in [0.2, 0.25) is 11.8 Å². The summed E-state index contributed by atoms with van der Waals surface area (Å²) in [7, 11) is 2.26. The van der Waals surface area contributed by atoms with Gasteiger partial charge in [0.05, 0.1) is 6.54 Å². The minimum absolute atomic E-state index is 0.000404. The molecule has 1 saturated heterocycles. The summed E-state index contributed by atoms with van der Waals surface area (Å²) in [5.74, 6) is 0.372. The normalized spacial score (nSPS) is 22.8. The molecule has 3 rings (SSSR count). The smallest absolute Gasteiger partial charge is 0.244 e. The van der Waals surface area contributed by atoms with Crippen molar-refractivity contribution in [1.29, 1.82) is 0 Å². The number of amides is 2. The van der Waals surface area contributed by atoms with E-state index in [1.54, 1.807) is 24.3 Å². The van der Waals surface area contributed by atoms with Crippen LogP contribution in [0.4, 0.5) is 0 Å². The molecule has 7 heteroatoms. The summed E-state index contributed by atoms with van der Waals surface area (Å²) >= 11 is 12.2. The summed E-state index contributed by atoms with van der Waals surface area (Å²) in [4.78, 5) is 29.1. The molecule has 0 aromatic heterocycles. The number of piperidine rings is 1. The van der Waals surface area contributed by atoms with Gasteiger partial charge in [0.15, 0.2) is 0 Å². The molecule has 1 aromatic rings. The summed E-state index contributed by atoms with van der Waals surface area (Å²) in [5, 5.41) is 3.62. The molecule has 1 aliphatic carbocycles. The standard InChI is InChI=1S/C24H33Cl2N3O2/c1-17-6-3-4-9-22(17)28(2)18-12-14-29(15-13-18)24(31)16-27-23(30)11-10-19-20(25)7-5-8-21(19)26/h5,7-8,10-11,17-18,22H,3-4,6,9,12-16H2,1-2H3,(H,27,30)/b11-10+. The van der Waals surface area contributed by atoms with E-state index in [1.807, 2.05) is 4.90 Å². The Bertz CT molecular complexity index is 786. The Labute approximate surface area is 195 Å². The second-order valence-electron chi connectivity index (χ2n) is 8.79. The van der Waals surface area contributed by atoms with Gasteiger partial charge < -0.3 is 15.1 Å². The number of hydrogen-bond donors (Lipinski definition) is 1. The van der Waals surface area contributed by atoms with Crippen molar-refractivity contribution in [3.05, 3.63) is 39.9 Å². The van der Waals surface area contributed by atoms with Crippen molar-refractivity contribution < 1.29 is 9.59 Å². The number of nitrogens with one attached hydrogen (secondary N) is 1. The monoisotopic (exact) mass is 465 g/mol. The summed E-state index contributed by atoms with van der Waals surface area (Å²) in [6, 6.07) is 6.37. The quantitative estimate of drug-likeness (QED) is 0.623. The number of rotatable bonds is 6. The van der Waals surface area contributed by atoms with Crippen LogP contribution in [0.3, 0.4) is 0 Å². The Morgan fingerprint density at radius 1 is 1.13 bits per heavy atom. The van der Waals surface area contributed by atoms with E-state index in [9.17, 15) is 9.59 Å². The van der Waals surface area contributed by atoms with E-state index in [4.69, 9.17) is 23.2 Å². The van der Waals surface area contributed by atoms with Gasteiger partial charge in [-0.2, -0.15) is 0 Å². The molecule has 170 valence electrons. The number of carbonyl (C=O) groups excluding carboxylic acids is 2. The van der Waals surface area contributed by atoms with Crippen LogP contribution in [0.5, 0.6) is 0 Å². The molecule has 1 heterocycles. The zero-order chi connectivity index (χ0) is 22.4. The molecule has 1 aliphatic heterocycles. The van der Waals surface area contributed by atoms with Crippen LogP contribution < -0.4 is 5.32 Å². The van der Waals surface area contributed by atoms with Crippen LogP contribution in [0.25, 0.3) is 6.08 Å². The number of halogens is 2. The number of carbonyl (C=O) groups is 2. The molecule has 2 aliphatic rings. The number of hydrogen-bond acceptors (Lipinski definition) is 3. The fourth-order valence-electron chi connectivity index (χ4n) is 4.86. The van der Waals surface area contributed by atoms with Gasteiger partial charge in [0.25, 0.3) is 0 Å². The summed E-state index contributed by atoms with van der Waals surface area (Å²) < 4.78 is 0. The van der Waals surface area contributed by atoms with Crippen LogP contribution in [0, 0.1) is 5.92 Å². The van der Waals surface area contributed by atoms with Gasteiger partial charge in [-0.1, -0.05) is 49.0 Å². The molecule has 0 spiro atoms. The van der Waals surface area contributed by atoms with E-state index in [-0.39, 0.29) is 18.4 Å². The molecule has 5 nitrogen and oxygen atoms in total. The first-order valence-electron chi connectivity index (χ1n) is 11.3. The first-order chi connectivity index (χ1) is 14.9. The summed E-state index contributed by atoms with van der Waals surface area (Å²) in [6.07, 6.45) is 10.2. The predicted molar refractivity (Wildman–Crippen MR) is 127 cm³/mol. The second kappa shape index (κ2) is 11.3. The van der Waals surface area contributed by atoms with Gasteiger partial charge >= 0.3 is 0 Å². The molecule has 2 fully saturated rings. The third-order valence-electron chi connectivity index (χ3n) is 6.80. The minimum atomic E-state index is -0.342. The molecule has 1 N–H and O–H groups in total. The number of nitrogens with zero attached hydrogens (tertiary/aromatic N) is 2. The zero-order valence-corrected chi connectivity index (χ0v) is 20.0. The predicted octanol–water partition coefficient (Wildman–Crippen LogP) is 4.62. The van der Waals surface area contributed by atoms with Gasteiger partial charge in [0.1, 0.15) is 0 Å². The Balaban J connectivity index is 1.42. The largest absolute Gasteiger partial charge is 0.343 e. The van der Waals surface area contributed by atoms with E-state index in [0.717, 1.165) is 31.8 Å². The van der Waals surface area contributed by atoms with Crippen molar-refractivity contribution in [2.24, 2.45) is 5.92 Å². The molecule has 2 amide bonds. The van der Waals surface area contributed by atoms with Crippen LogP contribution in [-0.4, -0.2) is 60.4 Å². The van der Waals surface area contributed by atoms with Crippen LogP contribution in [0.15, 0.2) is 24.3 Å². The zero-order valence-electron chi connectivity index (χ0n) is 18.4. The van der Waals surface area contributed by atoms with Crippen molar-refractivity contribution >= 4 is 41.1 Å². The highest BCUT2D eigenvalue weighted by Crippen LogP contribution is 2.30. The fraction of sp³-hybridized carbons (Fsp3) is 0.583. The van der Waals surface area contributed by atoms with Crippen molar-refractivity contribution in [2.45, 2.75) is 57.5 Å². The number of likely N-dealkylation sites (tertiary alicyclic amines) is 1. The minimum Gasteiger partial charge on any atom is -0.343 e. The van der Waals surface area contributed by atoms with Crippen molar-refractivity contribution in [3.8, 4) is 0 Å². The Kier molecular flexibility index (Phi) is 8.82.